The first-order chi connectivity index (χ1) is 7.59. The Hall–Kier alpha value is -0.130. The number of sulfone groups is 1. The fraction of sp³-hybridized carbons (Fsp3) is 1.00. The van der Waals surface area contributed by atoms with Crippen LogP contribution in [0, 0.1) is 0 Å². The van der Waals surface area contributed by atoms with Crippen molar-refractivity contribution >= 4 is 9.84 Å². The van der Waals surface area contributed by atoms with Crippen LogP contribution in [0.4, 0.5) is 0 Å². The lowest BCUT2D eigenvalue weighted by Gasteiger charge is -2.29. The standard InChI is InChI=1S/C11H24N2O2S/c1-3-5-11(10-12-2)13-6-4-8-16(14,15)9-7-13/h11-12H,3-10H2,1-2H3. The smallest absolute Gasteiger partial charge is 0.151 e. The number of hydrogen-bond acceptors (Lipinski definition) is 4. The molecule has 1 aliphatic heterocycles. The van der Waals surface area contributed by atoms with Gasteiger partial charge in [-0.3, -0.25) is 4.90 Å². The van der Waals surface area contributed by atoms with Crippen LogP contribution in [0.1, 0.15) is 26.2 Å². The summed E-state index contributed by atoms with van der Waals surface area (Å²) in [5, 5.41) is 3.20. The van der Waals surface area contributed by atoms with Crippen molar-refractivity contribution in [1.82, 2.24) is 10.2 Å². The molecule has 1 aliphatic rings. The molecule has 0 aliphatic carbocycles. The van der Waals surface area contributed by atoms with E-state index in [4.69, 9.17) is 0 Å². The summed E-state index contributed by atoms with van der Waals surface area (Å²) >= 11 is 0. The van der Waals surface area contributed by atoms with E-state index >= 15 is 0 Å². The number of nitrogens with zero attached hydrogens (tertiary/aromatic N) is 1. The fourth-order valence-corrected chi connectivity index (χ4v) is 3.59. The van der Waals surface area contributed by atoms with Crippen molar-refractivity contribution in [2.75, 3.05) is 38.2 Å². The molecule has 1 rings (SSSR count). The van der Waals surface area contributed by atoms with Gasteiger partial charge < -0.3 is 5.32 Å². The van der Waals surface area contributed by atoms with Gasteiger partial charge in [0, 0.05) is 19.1 Å². The van der Waals surface area contributed by atoms with Crippen molar-refractivity contribution in [3.05, 3.63) is 0 Å². The largest absolute Gasteiger partial charge is 0.318 e. The zero-order valence-electron chi connectivity index (χ0n) is 10.4. The lowest BCUT2D eigenvalue weighted by Crippen LogP contribution is -2.43. The second kappa shape index (κ2) is 6.57. The van der Waals surface area contributed by atoms with E-state index in [1.54, 1.807) is 0 Å². The van der Waals surface area contributed by atoms with Gasteiger partial charge in [0.05, 0.1) is 11.5 Å². The van der Waals surface area contributed by atoms with Crippen molar-refractivity contribution < 1.29 is 8.42 Å². The molecule has 0 amide bonds. The van der Waals surface area contributed by atoms with Gasteiger partial charge >= 0.3 is 0 Å². The highest BCUT2D eigenvalue weighted by Gasteiger charge is 2.23. The predicted octanol–water partition coefficient (Wildman–Crippen LogP) is 0.495. The fourth-order valence-electron chi connectivity index (χ4n) is 2.31. The van der Waals surface area contributed by atoms with E-state index in [1.807, 2.05) is 7.05 Å². The molecule has 0 spiro atoms. The van der Waals surface area contributed by atoms with Crippen LogP contribution < -0.4 is 5.32 Å². The topological polar surface area (TPSA) is 49.4 Å². The Balaban J connectivity index is 2.56. The molecule has 0 saturated carbocycles. The minimum Gasteiger partial charge on any atom is -0.318 e. The summed E-state index contributed by atoms with van der Waals surface area (Å²) in [7, 11) is -0.822. The average molecular weight is 248 g/mol. The van der Waals surface area contributed by atoms with Crippen LogP contribution in [0.15, 0.2) is 0 Å². The molecule has 0 aromatic carbocycles. The van der Waals surface area contributed by atoms with E-state index < -0.39 is 9.84 Å². The van der Waals surface area contributed by atoms with Gasteiger partial charge in [-0.1, -0.05) is 13.3 Å². The summed E-state index contributed by atoms with van der Waals surface area (Å²) in [6, 6.07) is 0.489. The van der Waals surface area contributed by atoms with Crippen molar-refractivity contribution in [3.63, 3.8) is 0 Å². The second-order valence-corrected chi connectivity index (χ2v) is 6.85. The first kappa shape index (κ1) is 13.9. The number of likely N-dealkylation sites (N-methyl/N-ethyl adjacent to an activating group) is 1. The third kappa shape index (κ3) is 4.39. The average Bonchev–Trinajstić information content (AvgIpc) is 2.39. The normalized spacial score (nSPS) is 23.9. The summed E-state index contributed by atoms with van der Waals surface area (Å²) in [6.45, 7) is 4.76. The molecular weight excluding hydrogens is 224 g/mol. The van der Waals surface area contributed by atoms with E-state index in [0.29, 0.717) is 24.1 Å². The minimum absolute atomic E-state index is 0.330. The van der Waals surface area contributed by atoms with Gasteiger partial charge in [-0.15, -0.1) is 0 Å². The molecule has 1 unspecified atom stereocenters. The van der Waals surface area contributed by atoms with Gasteiger partial charge in [-0.05, 0) is 26.4 Å². The third-order valence-corrected chi connectivity index (χ3v) is 4.88. The minimum atomic E-state index is -2.78. The Morgan fingerprint density at radius 3 is 2.69 bits per heavy atom. The SMILES string of the molecule is CCCC(CNC)N1CCCS(=O)(=O)CC1. The highest BCUT2D eigenvalue weighted by molar-refractivity contribution is 7.91. The monoisotopic (exact) mass is 248 g/mol. The van der Waals surface area contributed by atoms with E-state index in [-0.39, 0.29) is 0 Å². The molecule has 1 saturated heterocycles. The van der Waals surface area contributed by atoms with Crippen LogP contribution in [0.2, 0.25) is 0 Å². The molecule has 96 valence electrons. The first-order valence-corrected chi connectivity index (χ1v) is 8.00. The Bertz CT molecular complexity index is 284. The molecule has 1 N–H and O–H groups in total. The van der Waals surface area contributed by atoms with Crippen molar-refractivity contribution in [3.8, 4) is 0 Å². The van der Waals surface area contributed by atoms with Crippen LogP contribution in [0.3, 0.4) is 0 Å². The molecule has 5 heteroatoms. The van der Waals surface area contributed by atoms with Gasteiger partial charge in [-0.25, -0.2) is 8.42 Å². The molecular formula is C11H24N2O2S. The summed E-state index contributed by atoms with van der Waals surface area (Å²) in [4.78, 5) is 2.34. The Kier molecular flexibility index (Phi) is 5.72. The summed E-state index contributed by atoms with van der Waals surface area (Å²) < 4.78 is 23.0. The van der Waals surface area contributed by atoms with Gasteiger partial charge in [0.15, 0.2) is 9.84 Å². The molecule has 16 heavy (non-hydrogen) atoms. The second-order valence-electron chi connectivity index (χ2n) is 4.54. The molecule has 0 bridgehead atoms. The van der Waals surface area contributed by atoms with Crippen molar-refractivity contribution in [1.29, 1.82) is 0 Å². The molecule has 1 atom stereocenters. The van der Waals surface area contributed by atoms with Crippen molar-refractivity contribution in [2.24, 2.45) is 0 Å². The third-order valence-electron chi connectivity index (χ3n) is 3.17. The van der Waals surface area contributed by atoms with Gasteiger partial charge in [0.2, 0.25) is 0 Å². The van der Waals surface area contributed by atoms with Crippen molar-refractivity contribution in [2.45, 2.75) is 32.2 Å². The number of rotatable bonds is 5. The van der Waals surface area contributed by atoms with E-state index in [2.05, 4.69) is 17.1 Å². The Morgan fingerprint density at radius 1 is 1.31 bits per heavy atom. The first-order valence-electron chi connectivity index (χ1n) is 6.18. The summed E-state index contributed by atoms with van der Waals surface area (Å²) in [5.41, 5.74) is 0. The summed E-state index contributed by atoms with van der Waals surface area (Å²) in [6.07, 6.45) is 3.07. The van der Waals surface area contributed by atoms with E-state index in [0.717, 1.165) is 32.4 Å². The van der Waals surface area contributed by atoms with Gasteiger partial charge in [-0.2, -0.15) is 0 Å². The van der Waals surface area contributed by atoms with Crippen LogP contribution in [-0.2, 0) is 9.84 Å². The maximum atomic E-state index is 11.5. The van der Waals surface area contributed by atoms with E-state index in [9.17, 15) is 8.42 Å². The lowest BCUT2D eigenvalue weighted by molar-refractivity contribution is 0.197. The van der Waals surface area contributed by atoms with Crippen LogP contribution in [0.5, 0.6) is 0 Å². The number of nitrogens with one attached hydrogen (secondary N) is 1. The van der Waals surface area contributed by atoms with Gasteiger partial charge in [0.25, 0.3) is 0 Å². The molecule has 0 aromatic heterocycles. The quantitative estimate of drug-likeness (QED) is 0.769. The maximum absolute atomic E-state index is 11.5. The Morgan fingerprint density at radius 2 is 2.06 bits per heavy atom. The highest BCUT2D eigenvalue weighted by Crippen LogP contribution is 2.12. The summed E-state index contributed by atoms with van der Waals surface area (Å²) in [5.74, 6) is 0.693. The Labute approximate surface area is 99.3 Å². The van der Waals surface area contributed by atoms with Gasteiger partial charge in [0.1, 0.15) is 0 Å². The molecule has 1 heterocycles. The lowest BCUT2D eigenvalue weighted by atomic mass is 10.1. The molecule has 4 nitrogen and oxygen atoms in total. The highest BCUT2D eigenvalue weighted by atomic mass is 32.2. The maximum Gasteiger partial charge on any atom is 0.151 e. The van der Waals surface area contributed by atoms with Crippen LogP contribution in [0.25, 0.3) is 0 Å². The predicted molar refractivity (Wildman–Crippen MR) is 67.5 cm³/mol. The zero-order valence-corrected chi connectivity index (χ0v) is 11.2. The molecule has 1 fully saturated rings. The van der Waals surface area contributed by atoms with E-state index in [1.165, 1.54) is 0 Å². The van der Waals surface area contributed by atoms with Crippen LogP contribution >= 0.6 is 0 Å². The van der Waals surface area contributed by atoms with Crippen LogP contribution in [-0.4, -0.2) is 57.5 Å². The molecule has 0 aromatic rings. The number of hydrogen-bond donors (Lipinski definition) is 1. The zero-order chi connectivity index (χ0) is 12.0. The molecule has 0 radical (unpaired) electrons.